The van der Waals surface area contributed by atoms with Crippen LogP contribution in [-0.2, 0) is 16.3 Å². The van der Waals surface area contributed by atoms with Crippen LogP contribution in [0.2, 0.25) is 0 Å². The zero-order chi connectivity index (χ0) is 11.1. The molecule has 0 bridgehead atoms. The van der Waals surface area contributed by atoms with Gasteiger partial charge in [-0.25, -0.2) is 8.42 Å². The lowest BCUT2D eigenvalue weighted by molar-refractivity contribution is 0.108. The molecule has 0 unspecified atom stereocenters. The van der Waals surface area contributed by atoms with Crippen LogP contribution in [0.1, 0.15) is 22.3 Å². The molecule has 0 aromatic heterocycles. The molecule has 2 rings (SSSR count). The molecule has 15 heavy (non-hydrogen) atoms. The summed E-state index contributed by atoms with van der Waals surface area (Å²) >= 11 is 5.33. The van der Waals surface area contributed by atoms with Gasteiger partial charge in [0.15, 0.2) is 9.84 Å². The quantitative estimate of drug-likeness (QED) is 0.708. The van der Waals surface area contributed by atoms with Crippen molar-refractivity contribution in [3.8, 4) is 0 Å². The van der Waals surface area contributed by atoms with E-state index in [1.807, 2.05) is 0 Å². The van der Waals surface area contributed by atoms with Gasteiger partial charge in [-0.05, 0) is 48.2 Å². The van der Waals surface area contributed by atoms with E-state index in [1.54, 1.807) is 6.07 Å². The lowest BCUT2D eigenvalue weighted by Gasteiger charge is -2.16. The number of carbonyl (C=O) groups excluding carboxylic acids is 1. The van der Waals surface area contributed by atoms with Gasteiger partial charge in [0.25, 0.3) is 5.24 Å². The topological polar surface area (TPSA) is 51.2 Å². The van der Waals surface area contributed by atoms with E-state index in [0.29, 0.717) is 28.9 Å². The van der Waals surface area contributed by atoms with Crippen LogP contribution in [-0.4, -0.2) is 19.4 Å². The van der Waals surface area contributed by atoms with E-state index in [0.717, 1.165) is 0 Å². The average molecular weight is 245 g/mol. The Morgan fingerprint density at radius 2 is 2.07 bits per heavy atom. The van der Waals surface area contributed by atoms with Crippen molar-refractivity contribution >= 4 is 26.7 Å². The molecule has 0 spiro atoms. The van der Waals surface area contributed by atoms with Crippen molar-refractivity contribution in [2.45, 2.75) is 17.7 Å². The summed E-state index contributed by atoms with van der Waals surface area (Å²) in [5.74, 6) is 0.189. The first-order valence-electron chi connectivity index (χ1n) is 4.56. The molecule has 0 aliphatic carbocycles. The van der Waals surface area contributed by atoms with Crippen LogP contribution in [0.15, 0.2) is 23.1 Å². The highest BCUT2D eigenvalue weighted by Gasteiger charge is 2.23. The van der Waals surface area contributed by atoms with Crippen LogP contribution >= 0.6 is 11.6 Å². The molecule has 1 heterocycles. The normalized spacial score (nSPS) is 18.2. The number of benzene rings is 1. The van der Waals surface area contributed by atoms with Crippen molar-refractivity contribution in [3.05, 3.63) is 29.3 Å². The smallest absolute Gasteiger partial charge is 0.252 e. The molecule has 0 fully saturated rings. The molecule has 3 nitrogen and oxygen atoms in total. The summed E-state index contributed by atoms with van der Waals surface area (Å²) in [6.07, 6.45) is 1.29. The summed E-state index contributed by atoms with van der Waals surface area (Å²) in [4.78, 5) is 11.3. The van der Waals surface area contributed by atoms with Crippen molar-refractivity contribution in [2.24, 2.45) is 0 Å². The van der Waals surface area contributed by atoms with Crippen LogP contribution in [0.25, 0.3) is 0 Å². The molecule has 1 aliphatic heterocycles. The highest BCUT2D eigenvalue weighted by atomic mass is 35.5. The van der Waals surface area contributed by atoms with Crippen LogP contribution in [0.4, 0.5) is 0 Å². The fraction of sp³-hybridized carbons (Fsp3) is 0.300. The number of sulfone groups is 1. The molecular weight excluding hydrogens is 236 g/mol. The Labute approximate surface area is 93.0 Å². The third kappa shape index (κ3) is 1.92. The van der Waals surface area contributed by atoms with Crippen molar-refractivity contribution < 1.29 is 13.2 Å². The zero-order valence-electron chi connectivity index (χ0n) is 7.86. The van der Waals surface area contributed by atoms with E-state index >= 15 is 0 Å². The number of hydrogen-bond donors (Lipinski definition) is 0. The Morgan fingerprint density at radius 1 is 1.33 bits per heavy atom. The van der Waals surface area contributed by atoms with Gasteiger partial charge in [0.1, 0.15) is 0 Å². The van der Waals surface area contributed by atoms with Gasteiger partial charge in [-0.3, -0.25) is 4.79 Å². The molecule has 5 heteroatoms. The van der Waals surface area contributed by atoms with E-state index in [2.05, 4.69) is 0 Å². The second-order valence-electron chi connectivity index (χ2n) is 3.52. The Bertz CT molecular complexity index is 519. The van der Waals surface area contributed by atoms with E-state index in [1.165, 1.54) is 12.1 Å². The standard InChI is InChI=1S/C10H9ClO3S/c11-10(12)8-3-4-9-7(6-8)2-1-5-15(9,13)14/h3-4,6H,1-2,5H2. The van der Waals surface area contributed by atoms with Gasteiger partial charge < -0.3 is 0 Å². The van der Waals surface area contributed by atoms with Gasteiger partial charge >= 0.3 is 0 Å². The third-order valence-electron chi connectivity index (χ3n) is 2.48. The van der Waals surface area contributed by atoms with Gasteiger partial charge in [-0.15, -0.1) is 0 Å². The molecule has 0 saturated heterocycles. The summed E-state index contributed by atoms with van der Waals surface area (Å²) in [5.41, 5.74) is 1.06. The molecule has 0 radical (unpaired) electrons. The SMILES string of the molecule is O=C(Cl)c1ccc2c(c1)CCCS2(=O)=O. The van der Waals surface area contributed by atoms with E-state index in [-0.39, 0.29) is 5.75 Å². The molecule has 1 aromatic carbocycles. The fourth-order valence-corrected chi connectivity index (χ4v) is 3.46. The number of rotatable bonds is 1. The Balaban J connectivity index is 2.60. The van der Waals surface area contributed by atoms with Crippen molar-refractivity contribution in [3.63, 3.8) is 0 Å². The second-order valence-corrected chi connectivity index (χ2v) is 5.94. The highest BCUT2D eigenvalue weighted by Crippen LogP contribution is 2.26. The molecule has 0 saturated carbocycles. The summed E-state index contributed by atoms with van der Waals surface area (Å²) in [6, 6.07) is 4.50. The first kappa shape index (κ1) is 10.6. The van der Waals surface area contributed by atoms with Gasteiger partial charge in [0, 0.05) is 5.56 Å². The maximum atomic E-state index is 11.6. The average Bonchev–Trinajstić information content (AvgIpc) is 2.16. The van der Waals surface area contributed by atoms with Crippen LogP contribution in [0.3, 0.4) is 0 Å². The Hall–Kier alpha value is -0.870. The zero-order valence-corrected chi connectivity index (χ0v) is 9.44. The van der Waals surface area contributed by atoms with Crippen molar-refractivity contribution in [1.82, 2.24) is 0 Å². The monoisotopic (exact) mass is 244 g/mol. The Morgan fingerprint density at radius 3 is 2.73 bits per heavy atom. The largest absolute Gasteiger partial charge is 0.276 e. The summed E-state index contributed by atoms with van der Waals surface area (Å²) in [6.45, 7) is 0. The van der Waals surface area contributed by atoms with E-state index < -0.39 is 15.1 Å². The maximum absolute atomic E-state index is 11.6. The fourth-order valence-electron chi connectivity index (χ4n) is 1.76. The Kier molecular flexibility index (Phi) is 2.56. The number of halogens is 1. The van der Waals surface area contributed by atoms with E-state index in [9.17, 15) is 13.2 Å². The lowest BCUT2D eigenvalue weighted by Crippen LogP contribution is -2.16. The van der Waals surface area contributed by atoms with Crippen molar-refractivity contribution in [2.75, 3.05) is 5.75 Å². The second kappa shape index (κ2) is 3.61. The number of aryl methyl sites for hydroxylation is 1. The molecule has 0 amide bonds. The molecule has 0 atom stereocenters. The summed E-state index contributed by atoms with van der Waals surface area (Å²) < 4.78 is 23.3. The summed E-state index contributed by atoms with van der Waals surface area (Å²) in [7, 11) is -3.14. The third-order valence-corrected chi connectivity index (χ3v) is 4.59. The molecule has 80 valence electrons. The van der Waals surface area contributed by atoms with Gasteiger partial charge in [-0.1, -0.05) is 0 Å². The first-order valence-corrected chi connectivity index (χ1v) is 6.59. The van der Waals surface area contributed by atoms with Crippen molar-refractivity contribution in [1.29, 1.82) is 0 Å². The van der Waals surface area contributed by atoms with Crippen LogP contribution in [0, 0.1) is 0 Å². The van der Waals surface area contributed by atoms with Gasteiger partial charge in [0.05, 0.1) is 10.6 Å². The number of hydrogen-bond acceptors (Lipinski definition) is 3. The minimum atomic E-state index is -3.14. The predicted octanol–water partition coefficient (Wildman–Crippen LogP) is 1.79. The van der Waals surface area contributed by atoms with Gasteiger partial charge in [-0.2, -0.15) is 0 Å². The van der Waals surface area contributed by atoms with Crippen LogP contribution < -0.4 is 0 Å². The molecule has 1 aliphatic rings. The van der Waals surface area contributed by atoms with Gasteiger partial charge in [0.2, 0.25) is 0 Å². The highest BCUT2D eigenvalue weighted by molar-refractivity contribution is 7.91. The molecule has 1 aromatic rings. The molecular formula is C10H9ClO3S. The maximum Gasteiger partial charge on any atom is 0.252 e. The van der Waals surface area contributed by atoms with E-state index in [4.69, 9.17) is 11.6 Å². The minimum Gasteiger partial charge on any atom is -0.276 e. The van der Waals surface area contributed by atoms with Crippen LogP contribution in [0.5, 0.6) is 0 Å². The number of fused-ring (bicyclic) bond motifs is 1. The first-order chi connectivity index (χ1) is 7.00. The number of carbonyl (C=O) groups is 1. The molecule has 0 N–H and O–H groups in total. The lowest BCUT2D eigenvalue weighted by atomic mass is 10.1. The minimum absolute atomic E-state index is 0.189. The predicted molar refractivity (Wildman–Crippen MR) is 57.0 cm³/mol. The summed E-state index contributed by atoms with van der Waals surface area (Å²) in [5, 5.41) is -0.555.